The van der Waals surface area contributed by atoms with Crippen molar-refractivity contribution < 1.29 is 13.9 Å². The van der Waals surface area contributed by atoms with Gasteiger partial charge in [-0.25, -0.2) is 4.98 Å². The van der Waals surface area contributed by atoms with Gasteiger partial charge in [-0.15, -0.1) is 11.3 Å². The average Bonchev–Trinajstić information content (AvgIpc) is 3.15. The zero-order chi connectivity index (χ0) is 16.0. The summed E-state index contributed by atoms with van der Waals surface area (Å²) in [6.45, 7) is 5.74. The molecule has 6 heteroatoms. The van der Waals surface area contributed by atoms with E-state index in [0.717, 1.165) is 25.9 Å². The van der Waals surface area contributed by atoms with E-state index in [1.807, 2.05) is 23.2 Å². The molecular weight excluding hydrogens is 312 g/mol. The minimum absolute atomic E-state index is 0.0562. The lowest BCUT2D eigenvalue weighted by Gasteiger charge is -2.43. The molecule has 1 amide bonds. The van der Waals surface area contributed by atoms with Crippen LogP contribution >= 0.6 is 11.3 Å². The molecule has 0 atom stereocenters. The Bertz CT molecular complexity index is 741. The van der Waals surface area contributed by atoms with E-state index < -0.39 is 0 Å². The number of oxazole rings is 1. The largest absolute Gasteiger partial charge is 0.436 e. The number of hydrogen-bond donors (Lipinski definition) is 0. The number of thiophene rings is 1. The molecule has 0 N–H and O–H groups in total. The zero-order valence-electron chi connectivity index (χ0n) is 13.4. The number of rotatable bonds is 1. The predicted molar refractivity (Wildman–Crippen MR) is 86.8 cm³/mol. The molecule has 1 spiro atoms. The van der Waals surface area contributed by atoms with Gasteiger partial charge in [0.1, 0.15) is 0 Å². The Balaban J connectivity index is 1.52. The fourth-order valence-corrected chi connectivity index (χ4v) is 4.67. The van der Waals surface area contributed by atoms with E-state index in [1.54, 1.807) is 6.92 Å². The van der Waals surface area contributed by atoms with Gasteiger partial charge in [-0.1, -0.05) is 0 Å². The normalized spacial score (nSPS) is 19.8. The number of aryl methyl sites for hydroxylation is 2. The quantitative estimate of drug-likeness (QED) is 0.805. The molecule has 0 aliphatic carbocycles. The lowest BCUT2D eigenvalue weighted by Crippen LogP contribution is -2.48. The first-order chi connectivity index (χ1) is 11.1. The van der Waals surface area contributed by atoms with Crippen LogP contribution in [0.4, 0.5) is 0 Å². The summed E-state index contributed by atoms with van der Waals surface area (Å²) in [4.78, 5) is 20.2. The predicted octanol–water partition coefficient (Wildman–Crippen LogP) is 3.06. The van der Waals surface area contributed by atoms with Crippen molar-refractivity contribution in [2.45, 2.75) is 38.7 Å². The van der Waals surface area contributed by atoms with Crippen molar-refractivity contribution in [2.75, 3.05) is 19.7 Å². The van der Waals surface area contributed by atoms with Crippen LogP contribution in [0.2, 0.25) is 0 Å². The van der Waals surface area contributed by atoms with Crippen molar-refractivity contribution in [3.8, 4) is 0 Å². The van der Waals surface area contributed by atoms with E-state index in [4.69, 9.17) is 9.15 Å². The Labute approximate surface area is 139 Å². The Kier molecular flexibility index (Phi) is 3.54. The summed E-state index contributed by atoms with van der Waals surface area (Å²) >= 11 is 1.82. The standard InChI is InChI=1S/C17H20N2O3S/c1-11-15(22-12(2)18-11)16(20)19-7-5-17(6-8-19)13-4-10-23-14(13)3-9-21-17/h4,10H,3,5-9H2,1-2H3. The summed E-state index contributed by atoms with van der Waals surface area (Å²) in [5.74, 6) is 0.858. The van der Waals surface area contributed by atoms with Gasteiger partial charge in [0, 0.05) is 31.3 Å². The Morgan fingerprint density at radius 3 is 2.83 bits per heavy atom. The number of nitrogens with zero attached hydrogens (tertiary/aromatic N) is 2. The van der Waals surface area contributed by atoms with Crippen LogP contribution < -0.4 is 0 Å². The monoisotopic (exact) mass is 332 g/mol. The molecule has 0 radical (unpaired) electrons. The van der Waals surface area contributed by atoms with Gasteiger partial charge < -0.3 is 14.1 Å². The number of piperidine rings is 1. The third kappa shape index (κ3) is 2.40. The van der Waals surface area contributed by atoms with Crippen LogP contribution in [-0.4, -0.2) is 35.5 Å². The molecule has 0 saturated carbocycles. The SMILES string of the molecule is Cc1nc(C)c(C(=O)N2CCC3(CC2)OCCc2sccc23)o1. The number of ether oxygens (including phenoxy) is 1. The summed E-state index contributed by atoms with van der Waals surface area (Å²) in [5, 5.41) is 2.15. The number of carbonyl (C=O) groups excluding carboxylic acids is 1. The smallest absolute Gasteiger partial charge is 0.291 e. The highest BCUT2D eigenvalue weighted by Gasteiger charge is 2.42. The maximum atomic E-state index is 12.7. The van der Waals surface area contributed by atoms with E-state index in [9.17, 15) is 4.79 Å². The molecule has 1 fully saturated rings. The molecule has 122 valence electrons. The van der Waals surface area contributed by atoms with Crippen molar-refractivity contribution in [1.29, 1.82) is 0 Å². The number of likely N-dealkylation sites (tertiary alicyclic amines) is 1. The van der Waals surface area contributed by atoms with Crippen molar-refractivity contribution in [3.05, 3.63) is 39.2 Å². The molecule has 0 aromatic carbocycles. The number of carbonyl (C=O) groups is 1. The third-order valence-electron chi connectivity index (χ3n) is 4.90. The summed E-state index contributed by atoms with van der Waals surface area (Å²) in [6.07, 6.45) is 2.69. The molecule has 5 nitrogen and oxygen atoms in total. The second-order valence-electron chi connectivity index (χ2n) is 6.29. The van der Waals surface area contributed by atoms with E-state index >= 15 is 0 Å². The van der Waals surface area contributed by atoms with Gasteiger partial charge >= 0.3 is 0 Å². The van der Waals surface area contributed by atoms with Gasteiger partial charge in [0.15, 0.2) is 5.89 Å². The van der Waals surface area contributed by atoms with Gasteiger partial charge in [0.05, 0.1) is 17.9 Å². The Morgan fingerprint density at radius 1 is 1.35 bits per heavy atom. The van der Waals surface area contributed by atoms with Crippen LogP contribution in [0.5, 0.6) is 0 Å². The highest BCUT2D eigenvalue weighted by molar-refractivity contribution is 7.10. The van der Waals surface area contributed by atoms with E-state index in [1.165, 1.54) is 10.4 Å². The van der Waals surface area contributed by atoms with Crippen molar-refractivity contribution in [3.63, 3.8) is 0 Å². The lowest BCUT2D eigenvalue weighted by atomic mass is 9.82. The summed E-state index contributed by atoms with van der Waals surface area (Å²) < 4.78 is 11.7. The van der Waals surface area contributed by atoms with E-state index in [0.29, 0.717) is 30.4 Å². The topological polar surface area (TPSA) is 55.6 Å². The molecule has 4 rings (SSSR count). The molecule has 2 aromatic rings. The molecule has 2 aliphatic rings. The number of fused-ring (bicyclic) bond motifs is 2. The molecule has 0 bridgehead atoms. The Morgan fingerprint density at radius 2 is 2.13 bits per heavy atom. The van der Waals surface area contributed by atoms with E-state index in [2.05, 4.69) is 16.4 Å². The highest BCUT2D eigenvalue weighted by Crippen LogP contribution is 2.43. The number of aromatic nitrogens is 1. The molecule has 0 unspecified atom stereocenters. The molecule has 1 saturated heterocycles. The molecule has 23 heavy (non-hydrogen) atoms. The van der Waals surface area contributed by atoms with Crippen LogP contribution in [0.3, 0.4) is 0 Å². The lowest BCUT2D eigenvalue weighted by molar-refractivity contribution is -0.0928. The highest BCUT2D eigenvalue weighted by atomic mass is 32.1. The fourth-order valence-electron chi connectivity index (χ4n) is 3.72. The maximum Gasteiger partial charge on any atom is 0.291 e. The maximum absolute atomic E-state index is 12.7. The Hall–Kier alpha value is -1.66. The van der Waals surface area contributed by atoms with Gasteiger partial charge in [-0.2, -0.15) is 0 Å². The molecule has 2 aliphatic heterocycles. The van der Waals surface area contributed by atoms with Crippen LogP contribution in [-0.2, 0) is 16.8 Å². The second-order valence-corrected chi connectivity index (χ2v) is 7.29. The second kappa shape index (κ2) is 5.46. The molecule has 2 aromatic heterocycles. The van der Waals surface area contributed by atoms with Crippen LogP contribution in [0.25, 0.3) is 0 Å². The average molecular weight is 332 g/mol. The van der Waals surface area contributed by atoms with E-state index in [-0.39, 0.29) is 11.5 Å². The zero-order valence-corrected chi connectivity index (χ0v) is 14.2. The minimum Gasteiger partial charge on any atom is -0.436 e. The van der Waals surface area contributed by atoms with Crippen molar-refractivity contribution in [1.82, 2.24) is 9.88 Å². The van der Waals surface area contributed by atoms with Crippen LogP contribution in [0.15, 0.2) is 15.9 Å². The minimum atomic E-state index is -0.198. The first-order valence-corrected chi connectivity index (χ1v) is 8.91. The van der Waals surface area contributed by atoms with Gasteiger partial charge in [0.2, 0.25) is 5.76 Å². The van der Waals surface area contributed by atoms with Crippen molar-refractivity contribution in [2.24, 2.45) is 0 Å². The van der Waals surface area contributed by atoms with Crippen molar-refractivity contribution >= 4 is 17.2 Å². The summed E-state index contributed by atoms with van der Waals surface area (Å²) in [7, 11) is 0. The number of amides is 1. The van der Waals surface area contributed by atoms with Gasteiger partial charge in [-0.05, 0) is 36.8 Å². The summed E-state index contributed by atoms with van der Waals surface area (Å²) in [5.41, 5.74) is 1.81. The first-order valence-electron chi connectivity index (χ1n) is 8.03. The van der Waals surface area contributed by atoms with Gasteiger partial charge in [-0.3, -0.25) is 4.79 Å². The van der Waals surface area contributed by atoms with Gasteiger partial charge in [0.25, 0.3) is 5.91 Å². The summed E-state index contributed by atoms with van der Waals surface area (Å²) in [6, 6.07) is 2.20. The molecular formula is C17H20N2O3S. The first kappa shape index (κ1) is 14.9. The number of hydrogen-bond acceptors (Lipinski definition) is 5. The molecule has 4 heterocycles. The van der Waals surface area contributed by atoms with Crippen LogP contribution in [0.1, 0.15) is 45.4 Å². The third-order valence-corrected chi connectivity index (χ3v) is 5.88. The fraction of sp³-hybridized carbons (Fsp3) is 0.529. The van der Waals surface area contributed by atoms with Crippen LogP contribution in [0, 0.1) is 13.8 Å².